The molecule has 6 nitrogen and oxygen atoms in total. The van der Waals surface area contributed by atoms with Crippen LogP contribution in [0.3, 0.4) is 0 Å². The summed E-state index contributed by atoms with van der Waals surface area (Å²) in [5.41, 5.74) is 0.290. The smallest absolute Gasteiger partial charge is 0.271 e. The summed E-state index contributed by atoms with van der Waals surface area (Å²) in [5.74, 6) is 0. The van der Waals surface area contributed by atoms with Crippen molar-refractivity contribution in [2.45, 2.75) is 54.3 Å². The Labute approximate surface area is 169 Å². The van der Waals surface area contributed by atoms with Crippen LogP contribution in [0.4, 0.5) is 5.69 Å². The third-order valence-corrected chi connectivity index (χ3v) is 9.86. The third kappa shape index (κ3) is 4.32. The molecule has 1 saturated heterocycles. The molecule has 1 aliphatic heterocycles. The van der Waals surface area contributed by atoms with Crippen molar-refractivity contribution in [2.24, 2.45) is 0 Å². The number of sulfonamides is 2. The Kier molecular flexibility index (Phi) is 5.88. The number of thiophene rings is 1. The quantitative estimate of drug-likeness (QED) is 0.744. The first kappa shape index (κ1) is 20.6. The zero-order chi connectivity index (χ0) is 19.8. The van der Waals surface area contributed by atoms with E-state index in [0.717, 1.165) is 30.6 Å². The van der Waals surface area contributed by atoms with E-state index in [4.69, 9.17) is 11.6 Å². The molecule has 1 aromatic heterocycles. The number of hydrogen-bond acceptors (Lipinski definition) is 5. The normalized spacial score (nSPS) is 21.9. The van der Waals surface area contributed by atoms with E-state index in [1.807, 2.05) is 13.8 Å². The Morgan fingerprint density at radius 2 is 1.59 bits per heavy atom. The van der Waals surface area contributed by atoms with Crippen molar-refractivity contribution in [1.29, 1.82) is 0 Å². The first-order valence-electron chi connectivity index (χ1n) is 8.53. The van der Waals surface area contributed by atoms with Crippen molar-refractivity contribution in [1.82, 2.24) is 4.31 Å². The van der Waals surface area contributed by atoms with E-state index >= 15 is 0 Å². The number of nitrogens with zero attached hydrogens (tertiary/aromatic N) is 1. The molecule has 2 heterocycles. The number of piperidine rings is 1. The Bertz CT molecular complexity index is 1010. The van der Waals surface area contributed by atoms with Gasteiger partial charge in [-0.15, -0.1) is 11.3 Å². The topological polar surface area (TPSA) is 83.6 Å². The van der Waals surface area contributed by atoms with Crippen LogP contribution < -0.4 is 4.72 Å². The number of nitrogens with one attached hydrogen (secondary N) is 1. The van der Waals surface area contributed by atoms with E-state index < -0.39 is 20.0 Å². The fourth-order valence-corrected chi connectivity index (χ4v) is 7.76. The maximum Gasteiger partial charge on any atom is 0.271 e. The molecule has 0 radical (unpaired) electrons. The van der Waals surface area contributed by atoms with Crippen LogP contribution in [0.15, 0.2) is 45.5 Å². The van der Waals surface area contributed by atoms with E-state index in [2.05, 4.69) is 4.72 Å². The summed E-state index contributed by atoms with van der Waals surface area (Å²) in [4.78, 5) is 0.158. The zero-order valence-corrected chi connectivity index (χ0v) is 18.1. The third-order valence-electron chi connectivity index (χ3n) is 4.61. The minimum atomic E-state index is -3.75. The molecular formula is C17H21ClN2O4S3. The Morgan fingerprint density at radius 3 is 2.11 bits per heavy atom. The highest BCUT2D eigenvalue weighted by molar-refractivity contribution is 7.94. The fraction of sp³-hybridized carbons (Fsp3) is 0.412. The lowest BCUT2D eigenvalue weighted by molar-refractivity contribution is 0.204. The van der Waals surface area contributed by atoms with Gasteiger partial charge in [0.15, 0.2) is 0 Å². The van der Waals surface area contributed by atoms with Gasteiger partial charge in [0.05, 0.1) is 9.23 Å². The van der Waals surface area contributed by atoms with Gasteiger partial charge in [-0.3, -0.25) is 4.72 Å². The summed E-state index contributed by atoms with van der Waals surface area (Å²) in [6.07, 6.45) is 2.69. The molecule has 10 heteroatoms. The van der Waals surface area contributed by atoms with E-state index in [1.54, 1.807) is 4.31 Å². The average molecular weight is 449 g/mol. The maximum atomic E-state index is 13.0. The predicted octanol–water partition coefficient (Wildman–Crippen LogP) is 4.15. The summed E-state index contributed by atoms with van der Waals surface area (Å²) in [7, 11) is -7.38. The van der Waals surface area contributed by atoms with Gasteiger partial charge in [0.1, 0.15) is 4.21 Å². The highest BCUT2D eigenvalue weighted by Crippen LogP contribution is 2.31. The fourth-order valence-electron chi connectivity index (χ4n) is 3.34. The number of rotatable bonds is 5. The molecular weight excluding hydrogens is 428 g/mol. The lowest BCUT2D eigenvalue weighted by Gasteiger charge is -2.37. The predicted molar refractivity (Wildman–Crippen MR) is 108 cm³/mol. The Balaban J connectivity index is 1.83. The van der Waals surface area contributed by atoms with Gasteiger partial charge >= 0.3 is 0 Å². The second kappa shape index (κ2) is 7.71. The lowest BCUT2D eigenvalue weighted by atomic mass is 10.0. The summed E-state index contributed by atoms with van der Waals surface area (Å²) in [5, 5.41) is 0. The van der Waals surface area contributed by atoms with Crippen LogP contribution in [0.1, 0.15) is 33.1 Å². The first-order valence-corrected chi connectivity index (χ1v) is 12.6. The van der Waals surface area contributed by atoms with Crippen LogP contribution in [0, 0.1) is 0 Å². The molecule has 3 rings (SSSR count). The highest BCUT2D eigenvalue weighted by atomic mass is 35.5. The van der Waals surface area contributed by atoms with E-state index in [9.17, 15) is 16.8 Å². The molecule has 1 fully saturated rings. The van der Waals surface area contributed by atoms with Crippen molar-refractivity contribution in [2.75, 3.05) is 4.72 Å². The highest BCUT2D eigenvalue weighted by Gasteiger charge is 2.35. The molecule has 0 bridgehead atoms. The number of benzene rings is 1. The molecule has 2 unspecified atom stereocenters. The number of anilines is 1. The standard InChI is InChI=1S/C17H21ClN2O4S3/c1-12-4-3-5-13(2)20(12)27(23,24)15-8-6-14(7-9-15)19-26(21,22)17-11-10-16(18)25-17/h6-13,19H,3-5H2,1-2H3. The second-order valence-electron chi connectivity index (χ2n) is 6.65. The molecule has 0 spiro atoms. The van der Waals surface area contributed by atoms with Crippen molar-refractivity contribution < 1.29 is 16.8 Å². The van der Waals surface area contributed by atoms with Gasteiger partial charge in [-0.2, -0.15) is 4.31 Å². The molecule has 1 aromatic carbocycles. The molecule has 148 valence electrons. The van der Waals surface area contributed by atoms with E-state index in [1.165, 1.54) is 36.4 Å². The van der Waals surface area contributed by atoms with Gasteiger partial charge < -0.3 is 0 Å². The largest absolute Gasteiger partial charge is 0.279 e. The molecule has 1 N–H and O–H groups in total. The van der Waals surface area contributed by atoms with Gasteiger partial charge in [-0.25, -0.2) is 16.8 Å². The summed E-state index contributed by atoms with van der Waals surface area (Å²) in [6.45, 7) is 3.84. The van der Waals surface area contributed by atoms with Gasteiger partial charge in [-0.05, 0) is 63.1 Å². The average Bonchev–Trinajstić information content (AvgIpc) is 3.02. The SMILES string of the molecule is CC1CCCC(C)N1S(=O)(=O)c1ccc(NS(=O)(=O)c2ccc(Cl)s2)cc1. The number of hydrogen-bond donors (Lipinski definition) is 1. The van der Waals surface area contributed by atoms with Crippen LogP contribution in [0.25, 0.3) is 0 Å². The Hall–Kier alpha value is -1.13. The minimum absolute atomic E-state index is 0.0551. The van der Waals surface area contributed by atoms with E-state index in [-0.39, 0.29) is 21.2 Å². The summed E-state index contributed by atoms with van der Waals surface area (Å²) in [6, 6.07) is 8.61. The lowest BCUT2D eigenvalue weighted by Crippen LogP contribution is -2.47. The summed E-state index contributed by atoms with van der Waals surface area (Å²) >= 11 is 6.75. The molecule has 0 aliphatic carbocycles. The van der Waals surface area contributed by atoms with Gasteiger partial charge in [0, 0.05) is 17.8 Å². The van der Waals surface area contributed by atoms with Crippen molar-refractivity contribution in [3.8, 4) is 0 Å². The summed E-state index contributed by atoms with van der Waals surface area (Å²) < 4.78 is 55.2. The van der Waals surface area contributed by atoms with Gasteiger partial charge in [0.25, 0.3) is 10.0 Å². The van der Waals surface area contributed by atoms with Crippen LogP contribution in [0.2, 0.25) is 4.34 Å². The van der Waals surface area contributed by atoms with Gasteiger partial charge in [0.2, 0.25) is 10.0 Å². The molecule has 27 heavy (non-hydrogen) atoms. The van der Waals surface area contributed by atoms with Crippen molar-refractivity contribution in [3.63, 3.8) is 0 Å². The second-order valence-corrected chi connectivity index (χ2v) is 12.1. The van der Waals surface area contributed by atoms with Gasteiger partial charge in [-0.1, -0.05) is 18.0 Å². The zero-order valence-electron chi connectivity index (χ0n) is 14.9. The van der Waals surface area contributed by atoms with Crippen LogP contribution in [-0.4, -0.2) is 33.2 Å². The first-order chi connectivity index (χ1) is 12.6. The minimum Gasteiger partial charge on any atom is -0.279 e. The Morgan fingerprint density at radius 1 is 1.00 bits per heavy atom. The van der Waals surface area contributed by atoms with Crippen LogP contribution in [0.5, 0.6) is 0 Å². The van der Waals surface area contributed by atoms with Crippen LogP contribution >= 0.6 is 22.9 Å². The molecule has 1 aliphatic rings. The van der Waals surface area contributed by atoms with Crippen LogP contribution in [-0.2, 0) is 20.0 Å². The molecule has 0 amide bonds. The monoisotopic (exact) mass is 448 g/mol. The molecule has 0 saturated carbocycles. The maximum absolute atomic E-state index is 13.0. The van der Waals surface area contributed by atoms with Crippen molar-refractivity contribution >= 4 is 48.7 Å². The molecule has 2 atom stereocenters. The van der Waals surface area contributed by atoms with E-state index in [0.29, 0.717) is 10.0 Å². The number of halogens is 1. The van der Waals surface area contributed by atoms with Crippen molar-refractivity contribution in [3.05, 3.63) is 40.7 Å². The molecule has 2 aromatic rings.